The fourth-order valence-electron chi connectivity index (χ4n) is 2.54. The Labute approximate surface area is 134 Å². The van der Waals surface area contributed by atoms with Crippen LogP contribution >= 0.6 is 24.0 Å². The van der Waals surface area contributed by atoms with Crippen molar-refractivity contribution in [2.45, 2.75) is 52.2 Å². The van der Waals surface area contributed by atoms with Crippen molar-refractivity contribution in [2.24, 2.45) is 16.3 Å². The molecule has 0 heterocycles. The molecule has 0 aromatic rings. The maximum atomic E-state index is 5.48. The molecule has 2 aliphatic carbocycles. The van der Waals surface area contributed by atoms with Crippen molar-refractivity contribution < 1.29 is 4.74 Å². The molecule has 19 heavy (non-hydrogen) atoms. The topological polar surface area (TPSA) is 45.7 Å². The summed E-state index contributed by atoms with van der Waals surface area (Å²) in [5, 5.41) is 6.88. The van der Waals surface area contributed by atoms with Crippen LogP contribution in [0.4, 0.5) is 0 Å². The van der Waals surface area contributed by atoms with Crippen LogP contribution in [0.15, 0.2) is 4.99 Å². The Morgan fingerprint density at radius 3 is 2.53 bits per heavy atom. The van der Waals surface area contributed by atoms with Gasteiger partial charge in [-0.2, -0.15) is 0 Å². The number of hydrogen-bond donors (Lipinski definition) is 2. The molecule has 0 saturated heterocycles. The first-order chi connectivity index (χ1) is 8.57. The highest BCUT2D eigenvalue weighted by Crippen LogP contribution is 2.42. The Bertz CT molecular complexity index is 316. The minimum atomic E-state index is 0. The second-order valence-electron chi connectivity index (χ2n) is 6.14. The smallest absolute Gasteiger partial charge is 0.191 e. The average Bonchev–Trinajstić information content (AvgIpc) is 3.14. The van der Waals surface area contributed by atoms with E-state index in [1.165, 1.54) is 12.8 Å². The number of nitrogens with zero attached hydrogens (tertiary/aromatic N) is 1. The maximum absolute atomic E-state index is 5.48. The number of aliphatic imine (C=N–C) groups is 1. The molecule has 2 saturated carbocycles. The molecule has 2 atom stereocenters. The first kappa shape index (κ1) is 17.0. The zero-order chi connectivity index (χ0) is 13.2. The quantitative estimate of drug-likeness (QED) is 0.437. The lowest BCUT2D eigenvalue weighted by Gasteiger charge is -2.51. The van der Waals surface area contributed by atoms with Gasteiger partial charge in [-0.15, -0.1) is 24.0 Å². The van der Waals surface area contributed by atoms with Crippen LogP contribution in [-0.2, 0) is 4.74 Å². The second kappa shape index (κ2) is 7.11. The van der Waals surface area contributed by atoms with Gasteiger partial charge in [0.05, 0.1) is 6.10 Å². The van der Waals surface area contributed by atoms with Gasteiger partial charge < -0.3 is 15.4 Å². The summed E-state index contributed by atoms with van der Waals surface area (Å²) in [6.07, 6.45) is 4.13. The largest absolute Gasteiger partial charge is 0.381 e. The third kappa shape index (κ3) is 4.21. The van der Waals surface area contributed by atoms with Crippen LogP contribution < -0.4 is 10.6 Å². The Balaban J connectivity index is 0.00000180. The van der Waals surface area contributed by atoms with Crippen LogP contribution in [0, 0.1) is 11.3 Å². The highest BCUT2D eigenvalue weighted by molar-refractivity contribution is 14.0. The van der Waals surface area contributed by atoms with Gasteiger partial charge in [0.15, 0.2) is 5.96 Å². The normalized spacial score (nSPS) is 29.2. The Hall–Kier alpha value is -0.0400. The molecule has 0 aromatic carbocycles. The van der Waals surface area contributed by atoms with E-state index in [1.54, 1.807) is 7.11 Å². The molecule has 2 unspecified atom stereocenters. The van der Waals surface area contributed by atoms with Gasteiger partial charge in [-0.3, -0.25) is 4.99 Å². The number of nitrogens with one attached hydrogen (secondary N) is 2. The average molecular weight is 381 g/mol. The van der Waals surface area contributed by atoms with Crippen molar-refractivity contribution in [3.05, 3.63) is 0 Å². The van der Waals surface area contributed by atoms with E-state index in [4.69, 9.17) is 4.74 Å². The van der Waals surface area contributed by atoms with Gasteiger partial charge in [0.2, 0.25) is 0 Å². The third-order valence-corrected chi connectivity index (χ3v) is 4.32. The van der Waals surface area contributed by atoms with E-state index in [9.17, 15) is 0 Å². The van der Waals surface area contributed by atoms with Gasteiger partial charge in [0, 0.05) is 31.7 Å². The lowest BCUT2D eigenvalue weighted by molar-refractivity contribution is -0.0922. The zero-order valence-electron chi connectivity index (χ0n) is 12.5. The molecule has 0 bridgehead atoms. The standard InChI is InChI=1S/C14H27N3O.HI/c1-5-15-13(16-9-10-6-7-10)17-11-8-12(18-4)14(11,2)3;/h10-12H,5-9H2,1-4H3,(H2,15,16,17);1H. The molecular formula is C14H28IN3O. The van der Waals surface area contributed by atoms with Gasteiger partial charge in [0.25, 0.3) is 0 Å². The summed E-state index contributed by atoms with van der Waals surface area (Å²) >= 11 is 0. The fraction of sp³-hybridized carbons (Fsp3) is 0.929. The van der Waals surface area contributed by atoms with E-state index < -0.39 is 0 Å². The number of methoxy groups -OCH3 is 1. The van der Waals surface area contributed by atoms with E-state index in [0.717, 1.165) is 31.4 Å². The number of halogens is 1. The summed E-state index contributed by atoms with van der Waals surface area (Å²) in [5.74, 6) is 1.80. The van der Waals surface area contributed by atoms with Crippen LogP contribution in [-0.4, -0.2) is 38.3 Å². The molecule has 0 aromatic heterocycles. The molecule has 0 radical (unpaired) electrons. The van der Waals surface area contributed by atoms with E-state index in [1.807, 2.05) is 0 Å². The second-order valence-corrected chi connectivity index (χ2v) is 6.14. The molecule has 2 fully saturated rings. The fourth-order valence-corrected chi connectivity index (χ4v) is 2.54. The summed E-state index contributed by atoms with van der Waals surface area (Å²) < 4.78 is 5.48. The van der Waals surface area contributed by atoms with Gasteiger partial charge >= 0.3 is 0 Å². The SMILES string of the molecule is CCNC(=NCC1CC1)NC1CC(OC)C1(C)C.I. The maximum Gasteiger partial charge on any atom is 0.191 e. The van der Waals surface area contributed by atoms with E-state index in [0.29, 0.717) is 12.1 Å². The summed E-state index contributed by atoms with van der Waals surface area (Å²) in [4.78, 5) is 4.67. The van der Waals surface area contributed by atoms with Crippen molar-refractivity contribution in [1.29, 1.82) is 0 Å². The zero-order valence-corrected chi connectivity index (χ0v) is 14.9. The summed E-state index contributed by atoms with van der Waals surface area (Å²) in [6.45, 7) is 8.51. The Kier molecular flexibility index (Phi) is 6.36. The lowest BCUT2D eigenvalue weighted by Crippen LogP contribution is -2.63. The summed E-state index contributed by atoms with van der Waals surface area (Å²) in [6, 6.07) is 0.458. The highest BCUT2D eigenvalue weighted by Gasteiger charge is 2.48. The molecule has 2 aliphatic rings. The molecule has 2 N–H and O–H groups in total. The highest BCUT2D eigenvalue weighted by atomic mass is 127. The molecule has 0 amide bonds. The van der Waals surface area contributed by atoms with Gasteiger partial charge in [-0.25, -0.2) is 0 Å². The molecule has 2 rings (SSSR count). The molecule has 112 valence electrons. The van der Waals surface area contributed by atoms with Crippen LogP contribution in [0.2, 0.25) is 0 Å². The van der Waals surface area contributed by atoms with E-state index in [2.05, 4.69) is 36.4 Å². The van der Waals surface area contributed by atoms with E-state index in [-0.39, 0.29) is 29.4 Å². The predicted molar refractivity (Wildman–Crippen MR) is 90.2 cm³/mol. The van der Waals surface area contributed by atoms with Crippen molar-refractivity contribution >= 4 is 29.9 Å². The number of hydrogen-bond acceptors (Lipinski definition) is 2. The van der Waals surface area contributed by atoms with Crippen LogP contribution in [0.5, 0.6) is 0 Å². The number of rotatable bonds is 5. The van der Waals surface area contributed by atoms with Crippen molar-refractivity contribution in [2.75, 3.05) is 20.2 Å². The predicted octanol–water partition coefficient (Wildman–Crippen LogP) is 2.38. The van der Waals surface area contributed by atoms with Crippen LogP contribution in [0.1, 0.15) is 40.0 Å². The minimum Gasteiger partial charge on any atom is -0.381 e. The van der Waals surface area contributed by atoms with Crippen LogP contribution in [0.3, 0.4) is 0 Å². The Morgan fingerprint density at radius 1 is 1.37 bits per heavy atom. The molecule has 4 nitrogen and oxygen atoms in total. The monoisotopic (exact) mass is 381 g/mol. The summed E-state index contributed by atoms with van der Waals surface area (Å²) in [7, 11) is 1.80. The van der Waals surface area contributed by atoms with Crippen molar-refractivity contribution in [3.63, 3.8) is 0 Å². The number of ether oxygens (including phenoxy) is 1. The molecule has 0 spiro atoms. The molecule has 5 heteroatoms. The third-order valence-electron chi connectivity index (χ3n) is 4.32. The molecule has 0 aliphatic heterocycles. The number of guanidine groups is 1. The van der Waals surface area contributed by atoms with Gasteiger partial charge in [0.1, 0.15) is 0 Å². The van der Waals surface area contributed by atoms with E-state index >= 15 is 0 Å². The minimum absolute atomic E-state index is 0. The van der Waals surface area contributed by atoms with Gasteiger partial charge in [-0.1, -0.05) is 13.8 Å². The van der Waals surface area contributed by atoms with Crippen molar-refractivity contribution in [1.82, 2.24) is 10.6 Å². The Morgan fingerprint density at radius 2 is 2.05 bits per heavy atom. The van der Waals surface area contributed by atoms with Crippen LogP contribution in [0.25, 0.3) is 0 Å². The first-order valence-corrected chi connectivity index (χ1v) is 7.15. The van der Waals surface area contributed by atoms with Crippen molar-refractivity contribution in [3.8, 4) is 0 Å². The molecular weight excluding hydrogens is 353 g/mol. The first-order valence-electron chi connectivity index (χ1n) is 7.15. The summed E-state index contributed by atoms with van der Waals surface area (Å²) in [5.41, 5.74) is 0.185. The lowest BCUT2D eigenvalue weighted by atomic mass is 9.64. The van der Waals surface area contributed by atoms with Gasteiger partial charge in [-0.05, 0) is 32.1 Å².